The van der Waals surface area contributed by atoms with E-state index in [4.69, 9.17) is 9.84 Å². The molecule has 0 unspecified atom stereocenters. The molecule has 0 aromatic heterocycles. The van der Waals surface area contributed by atoms with Gasteiger partial charge in [-0.25, -0.2) is 4.39 Å². The van der Waals surface area contributed by atoms with Gasteiger partial charge in [0.15, 0.2) is 11.6 Å². The first kappa shape index (κ1) is 17.0. The average molecular weight is 332 g/mol. The second kappa shape index (κ2) is 7.82. The molecule has 0 radical (unpaired) electrons. The number of carboxylic acids is 1. The van der Waals surface area contributed by atoms with Gasteiger partial charge in [-0.3, -0.25) is 4.79 Å². The molecule has 3 nitrogen and oxygen atoms in total. The van der Waals surface area contributed by atoms with Gasteiger partial charge in [-0.2, -0.15) is 0 Å². The number of aryl methyl sites for hydroxylation is 1. The van der Waals surface area contributed by atoms with Crippen LogP contribution in [0.3, 0.4) is 0 Å². The molecule has 24 heavy (non-hydrogen) atoms. The molecule has 0 atom stereocenters. The third kappa shape index (κ3) is 4.16. The van der Waals surface area contributed by atoms with Gasteiger partial charge in [0, 0.05) is 6.42 Å². The molecular weight excluding hydrogens is 307 g/mol. The number of allylic oxidation sites excluding steroid dienone is 1. The SMILES string of the molecule is O=C(O)CCc1ccc(OCC2=C(C3CCCC3)CCC2)c(F)c1. The number of rotatable bonds is 7. The summed E-state index contributed by atoms with van der Waals surface area (Å²) in [4.78, 5) is 10.6. The second-order valence-electron chi connectivity index (χ2n) is 6.91. The van der Waals surface area contributed by atoms with Gasteiger partial charge in [-0.05, 0) is 67.7 Å². The number of ether oxygens (including phenoxy) is 1. The Bertz CT molecular complexity index is 630. The minimum absolute atomic E-state index is 0.0112. The Morgan fingerprint density at radius 2 is 2.00 bits per heavy atom. The summed E-state index contributed by atoms with van der Waals surface area (Å²) in [7, 11) is 0. The molecule has 2 aliphatic rings. The third-order valence-electron chi connectivity index (χ3n) is 5.25. The lowest BCUT2D eigenvalue weighted by molar-refractivity contribution is -0.136. The van der Waals surface area contributed by atoms with Crippen LogP contribution in [0.2, 0.25) is 0 Å². The molecule has 0 aliphatic heterocycles. The number of aliphatic carboxylic acids is 1. The van der Waals surface area contributed by atoms with E-state index in [1.54, 1.807) is 17.7 Å². The van der Waals surface area contributed by atoms with Crippen molar-refractivity contribution in [3.05, 3.63) is 40.7 Å². The van der Waals surface area contributed by atoms with Gasteiger partial charge in [0.1, 0.15) is 6.61 Å². The summed E-state index contributed by atoms with van der Waals surface area (Å²) >= 11 is 0. The minimum Gasteiger partial charge on any atom is -0.486 e. The van der Waals surface area contributed by atoms with E-state index in [9.17, 15) is 9.18 Å². The molecule has 4 heteroatoms. The molecule has 0 spiro atoms. The number of carboxylic acid groups (broad SMARTS) is 1. The summed E-state index contributed by atoms with van der Waals surface area (Å²) in [5.74, 6) is -0.282. The molecule has 1 aromatic rings. The highest BCUT2D eigenvalue weighted by Gasteiger charge is 2.25. The minimum atomic E-state index is -0.872. The van der Waals surface area contributed by atoms with Crippen molar-refractivity contribution in [2.75, 3.05) is 6.61 Å². The van der Waals surface area contributed by atoms with Crippen LogP contribution < -0.4 is 4.74 Å². The first-order chi connectivity index (χ1) is 11.6. The highest BCUT2D eigenvalue weighted by molar-refractivity contribution is 5.67. The summed E-state index contributed by atoms with van der Waals surface area (Å²) in [5.41, 5.74) is 3.64. The molecule has 1 fully saturated rings. The Morgan fingerprint density at radius 1 is 1.21 bits per heavy atom. The Labute approximate surface area is 142 Å². The smallest absolute Gasteiger partial charge is 0.303 e. The van der Waals surface area contributed by atoms with E-state index in [1.165, 1.54) is 50.2 Å². The number of hydrogen-bond donors (Lipinski definition) is 1. The zero-order valence-corrected chi connectivity index (χ0v) is 14.0. The van der Waals surface area contributed by atoms with Gasteiger partial charge in [0.25, 0.3) is 0 Å². The number of carbonyl (C=O) groups is 1. The number of hydrogen-bond acceptors (Lipinski definition) is 2. The Morgan fingerprint density at radius 3 is 2.71 bits per heavy atom. The van der Waals surface area contributed by atoms with Crippen LogP contribution in [0.4, 0.5) is 4.39 Å². The van der Waals surface area contributed by atoms with Gasteiger partial charge < -0.3 is 9.84 Å². The third-order valence-corrected chi connectivity index (χ3v) is 5.25. The van der Waals surface area contributed by atoms with Crippen molar-refractivity contribution >= 4 is 5.97 Å². The molecule has 0 bridgehead atoms. The van der Waals surface area contributed by atoms with Crippen molar-refractivity contribution in [3.63, 3.8) is 0 Å². The summed E-state index contributed by atoms with van der Waals surface area (Å²) in [6.07, 6.45) is 9.05. The average Bonchev–Trinajstić information content (AvgIpc) is 3.22. The monoisotopic (exact) mass is 332 g/mol. The van der Waals surface area contributed by atoms with Crippen LogP contribution in [-0.4, -0.2) is 17.7 Å². The summed E-state index contributed by atoms with van der Waals surface area (Å²) in [5, 5.41) is 8.70. The van der Waals surface area contributed by atoms with Gasteiger partial charge in [-0.1, -0.05) is 24.5 Å². The van der Waals surface area contributed by atoms with Gasteiger partial charge in [-0.15, -0.1) is 0 Å². The van der Waals surface area contributed by atoms with Crippen molar-refractivity contribution in [1.29, 1.82) is 0 Å². The van der Waals surface area contributed by atoms with Crippen LogP contribution in [0.5, 0.6) is 5.75 Å². The maximum absolute atomic E-state index is 14.2. The Hall–Kier alpha value is -1.84. The lowest BCUT2D eigenvalue weighted by Gasteiger charge is -2.15. The van der Waals surface area contributed by atoms with E-state index in [0.29, 0.717) is 18.6 Å². The molecule has 0 heterocycles. The predicted octanol–water partition coefficient (Wildman–Crippen LogP) is 4.89. The fraction of sp³-hybridized carbons (Fsp3) is 0.550. The maximum atomic E-state index is 14.2. The quantitative estimate of drug-likeness (QED) is 0.723. The molecule has 130 valence electrons. The lowest BCUT2D eigenvalue weighted by Crippen LogP contribution is -2.06. The van der Waals surface area contributed by atoms with E-state index < -0.39 is 11.8 Å². The number of benzene rings is 1. The van der Waals surface area contributed by atoms with E-state index >= 15 is 0 Å². The van der Waals surface area contributed by atoms with Crippen LogP contribution in [0.25, 0.3) is 0 Å². The molecule has 1 saturated carbocycles. The first-order valence-corrected chi connectivity index (χ1v) is 8.97. The molecule has 0 saturated heterocycles. The van der Waals surface area contributed by atoms with Crippen molar-refractivity contribution < 1.29 is 19.0 Å². The van der Waals surface area contributed by atoms with Gasteiger partial charge in [0.2, 0.25) is 0 Å². The summed E-state index contributed by atoms with van der Waals surface area (Å²) in [6, 6.07) is 4.76. The lowest BCUT2D eigenvalue weighted by atomic mass is 9.94. The maximum Gasteiger partial charge on any atom is 0.303 e. The zero-order valence-electron chi connectivity index (χ0n) is 14.0. The van der Waals surface area contributed by atoms with Gasteiger partial charge >= 0.3 is 5.97 Å². The van der Waals surface area contributed by atoms with E-state index in [0.717, 1.165) is 12.3 Å². The molecule has 1 aromatic carbocycles. The predicted molar refractivity (Wildman–Crippen MR) is 90.7 cm³/mol. The largest absolute Gasteiger partial charge is 0.486 e. The van der Waals surface area contributed by atoms with Crippen LogP contribution in [0.15, 0.2) is 29.3 Å². The fourth-order valence-electron chi connectivity index (χ4n) is 3.99. The van der Waals surface area contributed by atoms with Gasteiger partial charge in [0.05, 0.1) is 0 Å². The molecular formula is C20H25FO3. The standard InChI is InChI=1S/C20H25FO3/c21-18-12-14(9-11-20(22)23)8-10-19(18)24-13-16-6-3-7-17(16)15-4-1-2-5-15/h8,10,12,15H,1-7,9,11,13H2,(H,22,23). The zero-order chi connectivity index (χ0) is 16.9. The fourth-order valence-corrected chi connectivity index (χ4v) is 3.99. The van der Waals surface area contributed by atoms with Crippen LogP contribution in [0.1, 0.15) is 56.9 Å². The normalized spacial score (nSPS) is 18.4. The first-order valence-electron chi connectivity index (χ1n) is 8.97. The summed E-state index contributed by atoms with van der Waals surface area (Å²) < 4.78 is 19.9. The summed E-state index contributed by atoms with van der Waals surface area (Å²) in [6.45, 7) is 0.483. The molecule has 0 amide bonds. The van der Waals surface area contributed by atoms with Crippen molar-refractivity contribution in [2.24, 2.45) is 5.92 Å². The second-order valence-corrected chi connectivity index (χ2v) is 6.91. The van der Waals surface area contributed by atoms with E-state index in [2.05, 4.69) is 0 Å². The highest BCUT2D eigenvalue weighted by Crippen LogP contribution is 2.40. The molecule has 2 aliphatic carbocycles. The highest BCUT2D eigenvalue weighted by atomic mass is 19.1. The Kier molecular flexibility index (Phi) is 5.54. The molecule has 1 N–H and O–H groups in total. The van der Waals surface area contributed by atoms with Crippen LogP contribution in [-0.2, 0) is 11.2 Å². The van der Waals surface area contributed by atoms with Crippen molar-refractivity contribution in [3.8, 4) is 5.75 Å². The van der Waals surface area contributed by atoms with Crippen molar-refractivity contribution in [2.45, 2.75) is 57.8 Å². The number of halogens is 1. The van der Waals surface area contributed by atoms with E-state index in [-0.39, 0.29) is 12.2 Å². The Balaban J connectivity index is 1.61. The van der Waals surface area contributed by atoms with E-state index in [1.807, 2.05) is 0 Å². The van der Waals surface area contributed by atoms with Crippen LogP contribution in [0, 0.1) is 11.7 Å². The van der Waals surface area contributed by atoms with Crippen molar-refractivity contribution in [1.82, 2.24) is 0 Å². The topological polar surface area (TPSA) is 46.5 Å². The molecule has 3 rings (SSSR count). The van der Waals surface area contributed by atoms with Crippen LogP contribution >= 0.6 is 0 Å².